The topological polar surface area (TPSA) is 68.2 Å². The number of aryl methyl sites for hydroxylation is 1. The van der Waals surface area contributed by atoms with E-state index in [1.165, 1.54) is 0 Å². The second-order valence-corrected chi connectivity index (χ2v) is 4.66. The molecule has 0 amide bonds. The summed E-state index contributed by atoms with van der Waals surface area (Å²) in [5.41, 5.74) is 7.88. The van der Waals surface area contributed by atoms with E-state index in [1.807, 2.05) is 29.6 Å². The molecule has 5 nitrogen and oxygen atoms in total. The highest BCUT2D eigenvalue weighted by Crippen LogP contribution is 2.08. The van der Waals surface area contributed by atoms with Crippen molar-refractivity contribution >= 4 is 11.6 Å². The maximum atomic E-state index is 5.96. The second-order valence-electron chi connectivity index (χ2n) is 4.66. The van der Waals surface area contributed by atoms with Crippen LogP contribution in [0.2, 0.25) is 0 Å². The Bertz CT molecular complexity index is 503. The largest absolute Gasteiger partial charge is 0.351 e. The molecule has 1 unspecified atom stereocenters. The number of anilines is 1. The highest BCUT2D eigenvalue weighted by Gasteiger charge is 2.09. The Morgan fingerprint density at radius 1 is 1.41 bits per heavy atom. The molecule has 2 aromatic heterocycles. The second kappa shape index (κ2) is 4.71. The normalized spacial score (nSPS) is 13.2. The van der Waals surface area contributed by atoms with E-state index in [-0.39, 0.29) is 6.04 Å². The van der Waals surface area contributed by atoms with Crippen molar-refractivity contribution in [2.75, 3.05) is 11.9 Å². The lowest BCUT2D eigenvalue weighted by molar-refractivity contribution is 0.510. The molecule has 0 aliphatic heterocycles. The maximum Gasteiger partial charge on any atom is 0.243 e. The van der Waals surface area contributed by atoms with E-state index in [9.17, 15) is 0 Å². The molecule has 1 atom stereocenters. The van der Waals surface area contributed by atoms with Crippen molar-refractivity contribution < 1.29 is 0 Å². The van der Waals surface area contributed by atoms with Crippen LogP contribution in [0.4, 0.5) is 5.95 Å². The predicted octanol–water partition coefficient (Wildman–Crippen LogP) is 1.43. The zero-order chi connectivity index (χ0) is 12.4. The maximum absolute atomic E-state index is 5.96. The molecule has 2 aromatic rings. The Hall–Kier alpha value is -1.62. The van der Waals surface area contributed by atoms with Gasteiger partial charge in [0, 0.05) is 18.3 Å². The molecule has 92 valence electrons. The summed E-state index contributed by atoms with van der Waals surface area (Å²) >= 11 is 0. The van der Waals surface area contributed by atoms with E-state index < -0.39 is 0 Å². The summed E-state index contributed by atoms with van der Waals surface area (Å²) in [6.45, 7) is 6.90. The first-order valence-electron chi connectivity index (χ1n) is 5.90. The van der Waals surface area contributed by atoms with Crippen LogP contribution in [-0.4, -0.2) is 27.2 Å². The molecule has 5 heteroatoms. The van der Waals surface area contributed by atoms with Gasteiger partial charge >= 0.3 is 0 Å². The molecule has 0 aliphatic carbocycles. The van der Waals surface area contributed by atoms with Crippen molar-refractivity contribution in [3.8, 4) is 0 Å². The fraction of sp³-hybridized carbons (Fsp3) is 0.500. The molecule has 3 N–H and O–H groups in total. The third-order valence-electron chi connectivity index (χ3n) is 2.90. The fourth-order valence-corrected chi connectivity index (χ4v) is 1.56. The van der Waals surface area contributed by atoms with Gasteiger partial charge in [0.25, 0.3) is 0 Å². The van der Waals surface area contributed by atoms with E-state index in [1.54, 1.807) is 0 Å². The molecule has 0 saturated heterocycles. The Morgan fingerprint density at radius 3 is 2.82 bits per heavy atom. The summed E-state index contributed by atoms with van der Waals surface area (Å²) in [7, 11) is 0. The van der Waals surface area contributed by atoms with Crippen molar-refractivity contribution in [2.24, 2.45) is 11.7 Å². The highest BCUT2D eigenvalue weighted by atomic mass is 15.4. The zero-order valence-electron chi connectivity index (χ0n) is 10.5. The minimum atomic E-state index is 0.114. The van der Waals surface area contributed by atoms with Gasteiger partial charge in [-0.3, -0.25) is 0 Å². The molecule has 2 heterocycles. The van der Waals surface area contributed by atoms with Gasteiger partial charge < -0.3 is 11.1 Å². The smallest absolute Gasteiger partial charge is 0.243 e. The van der Waals surface area contributed by atoms with Crippen LogP contribution >= 0.6 is 0 Å². The van der Waals surface area contributed by atoms with Crippen molar-refractivity contribution in [2.45, 2.75) is 26.8 Å². The van der Waals surface area contributed by atoms with Crippen LogP contribution in [0.1, 0.15) is 19.5 Å². The third kappa shape index (κ3) is 2.55. The van der Waals surface area contributed by atoms with Crippen molar-refractivity contribution in [3.63, 3.8) is 0 Å². The number of nitrogens with zero attached hydrogens (tertiary/aromatic N) is 3. The van der Waals surface area contributed by atoms with Gasteiger partial charge in [-0.15, -0.1) is 5.10 Å². The molecule has 17 heavy (non-hydrogen) atoms. The standard InChI is InChI=1S/C12H19N5/c1-8(2)10(13)7-14-12-15-11-6-4-5-9(3)17(11)16-12/h4-6,8,10H,7,13H2,1-3H3,(H,14,16). The Morgan fingerprint density at radius 2 is 2.18 bits per heavy atom. The van der Waals surface area contributed by atoms with Crippen molar-refractivity contribution in [1.82, 2.24) is 14.6 Å². The molecular formula is C12H19N5. The number of hydrogen-bond acceptors (Lipinski definition) is 4. The molecule has 0 saturated carbocycles. The van der Waals surface area contributed by atoms with Crippen LogP contribution in [0.15, 0.2) is 18.2 Å². The lowest BCUT2D eigenvalue weighted by Gasteiger charge is -2.14. The molecule has 0 aliphatic rings. The van der Waals surface area contributed by atoms with E-state index in [2.05, 4.69) is 29.2 Å². The molecule has 2 rings (SSSR count). The molecular weight excluding hydrogens is 214 g/mol. The van der Waals surface area contributed by atoms with Gasteiger partial charge in [0.2, 0.25) is 5.95 Å². The lowest BCUT2D eigenvalue weighted by Crippen LogP contribution is -2.34. The number of nitrogens with one attached hydrogen (secondary N) is 1. The average molecular weight is 233 g/mol. The minimum Gasteiger partial charge on any atom is -0.351 e. The van der Waals surface area contributed by atoms with E-state index in [0.29, 0.717) is 18.4 Å². The van der Waals surface area contributed by atoms with E-state index >= 15 is 0 Å². The summed E-state index contributed by atoms with van der Waals surface area (Å²) in [6.07, 6.45) is 0. The summed E-state index contributed by atoms with van der Waals surface area (Å²) in [6, 6.07) is 6.03. The summed E-state index contributed by atoms with van der Waals surface area (Å²) < 4.78 is 1.82. The van der Waals surface area contributed by atoms with Crippen molar-refractivity contribution in [1.29, 1.82) is 0 Å². The molecule has 0 spiro atoms. The van der Waals surface area contributed by atoms with E-state index in [0.717, 1.165) is 11.3 Å². The van der Waals surface area contributed by atoms with Gasteiger partial charge in [-0.25, -0.2) is 4.52 Å². The summed E-state index contributed by atoms with van der Waals surface area (Å²) in [5, 5.41) is 7.56. The lowest BCUT2D eigenvalue weighted by atomic mass is 10.1. The number of hydrogen-bond donors (Lipinski definition) is 2. The van der Waals surface area contributed by atoms with Gasteiger partial charge in [0.15, 0.2) is 5.65 Å². The number of aromatic nitrogens is 3. The number of pyridine rings is 1. The molecule has 0 aromatic carbocycles. The van der Waals surface area contributed by atoms with Gasteiger partial charge in [0.05, 0.1) is 0 Å². The molecule has 0 bridgehead atoms. The number of fused-ring (bicyclic) bond motifs is 1. The average Bonchev–Trinajstić information content (AvgIpc) is 2.70. The Kier molecular flexibility index (Phi) is 3.28. The van der Waals surface area contributed by atoms with Gasteiger partial charge in [0.1, 0.15) is 0 Å². The minimum absolute atomic E-state index is 0.114. The van der Waals surface area contributed by atoms with Gasteiger partial charge in [-0.05, 0) is 25.0 Å². The van der Waals surface area contributed by atoms with Crippen molar-refractivity contribution in [3.05, 3.63) is 23.9 Å². The zero-order valence-corrected chi connectivity index (χ0v) is 10.5. The first kappa shape index (κ1) is 11.9. The monoisotopic (exact) mass is 233 g/mol. The predicted molar refractivity (Wildman–Crippen MR) is 69.0 cm³/mol. The quantitative estimate of drug-likeness (QED) is 0.838. The Labute approximate surface area is 101 Å². The SMILES string of the molecule is Cc1cccc2nc(NCC(N)C(C)C)nn12. The molecule has 0 fully saturated rings. The van der Waals surface area contributed by atoms with Crippen LogP contribution in [0.3, 0.4) is 0 Å². The van der Waals surface area contributed by atoms with Crippen LogP contribution in [0.25, 0.3) is 5.65 Å². The Balaban J connectivity index is 2.12. The van der Waals surface area contributed by atoms with Crippen LogP contribution < -0.4 is 11.1 Å². The van der Waals surface area contributed by atoms with Gasteiger partial charge in [-0.2, -0.15) is 4.98 Å². The fourth-order valence-electron chi connectivity index (χ4n) is 1.56. The van der Waals surface area contributed by atoms with Crippen LogP contribution in [-0.2, 0) is 0 Å². The van der Waals surface area contributed by atoms with E-state index in [4.69, 9.17) is 5.73 Å². The van der Waals surface area contributed by atoms with Gasteiger partial charge in [-0.1, -0.05) is 19.9 Å². The first-order chi connectivity index (χ1) is 8.08. The summed E-state index contributed by atoms with van der Waals surface area (Å²) in [4.78, 5) is 4.39. The summed E-state index contributed by atoms with van der Waals surface area (Å²) in [5.74, 6) is 1.08. The van der Waals surface area contributed by atoms with Crippen LogP contribution in [0, 0.1) is 12.8 Å². The highest BCUT2D eigenvalue weighted by molar-refractivity contribution is 5.44. The first-order valence-corrected chi connectivity index (χ1v) is 5.90. The van der Waals surface area contributed by atoms with Crippen LogP contribution in [0.5, 0.6) is 0 Å². The number of nitrogens with two attached hydrogens (primary N) is 1. The molecule has 0 radical (unpaired) electrons. The number of rotatable bonds is 4. The third-order valence-corrected chi connectivity index (χ3v) is 2.90.